The average molecular weight is 310 g/mol. The Kier molecular flexibility index (Phi) is 6.96. The van der Waals surface area contributed by atoms with Gasteiger partial charge in [-0.1, -0.05) is 19.3 Å². The van der Waals surface area contributed by atoms with Crippen molar-refractivity contribution < 1.29 is 5.11 Å². The first kappa shape index (κ1) is 17.5. The van der Waals surface area contributed by atoms with Gasteiger partial charge in [0.15, 0.2) is 5.96 Å². The van der Waals surface area contributed by atoms with E-state index in [9.17, 15) is 5.11 Å². The summed E-state index contributed by atoms with van der Waals surface area (Å²) in [7, 11) is 4.36. The number of rotatable bonds is 5. The molecule has 2 atom stereocenters. The van der Waals surface area contributed by atoms with Crippen LogP contribution in [0.5, 0.6) is 0 Å². The van der Waals surface area contributed by atoms with Crippen molar-refractivity contribution >= 4 is 5.96 Å². The summed E-state index contributed by atoms with van der Waals surface area (Å²) in [5, 5.41) is 13.1. The van der Waals surface area contributed by atoms with Gasteiger partial charge in [-0.05, 0) is 46.2 Å². The Balaban J connectivity index is 1.99. The van der Waals surface area contributed by atoms with Crippen LogP contribution in [-0.2, 0) is 0 Å². The van der Waals surface area contributed by atoms with E-state index in [0.717, 1.165) is 37.9 Å². The summed E-state index contributed by atoms with van der Waals surface area (Å²) in [6.45, 7) is 5.45. The van der Waals surface area contributed by atoms with Gasteiger partial charge in [0.05, 0.1) is 12.6 Å². The minimum absolute atomic E-state index is 0.202. The first-order valence-corrected chi connectivity index (χ1v) is 8.99. The molecule has 2 aliphatic rings. The van der Waals surface area contributed by atoms with Crippen LogP contribution in [0.25, 0.3) is 0 Å². The van der Waals surface area contributed by atoms with Crippen molar-refractivity contribution in [3.63, 3.8) is 0 Å². The number of aliphatic hydroxyl groups excluding tert-OH is 1. The molecule has 1 saturated heterocycles. The number of aliphatic imine (C=N–C) groups is 1. The SMILES string of the molecule is CCNC(=NCC(C1CCCCC1)N(C)C)N1CC[C@@H](O)C1. The molecule has 2 N–H and O–H groups in total. The largest absolute Gasteiger partial charge is 0.391 e. The molecule has 0 bridgehead atoms. The molecular formula is C17H34N4O. The van der Waals surface area contributed by atoms with Crippen LogP contribution in [0.2, 0.25) is 0 Å². The van der Waals surface area contributed by atoms with E-state index in [1.165, 1.54) is 32.1 Å². The van der Waals surface area contributed by atoms with E-state index in [0.29, 0.717) is 12.6 Å². The second-order valence-corrected chi connectivity index (χ2v) is 7.01. The number of likely N-dealkylation sites (N-methyl/N-ethyl adjacent to an activating group) is 1. The standard InChI is InChI=1S/C17H34N4O/c1-4-18-17(21-11-10-15(22)13-21)19-12-16(20(2)3)14-8-6-5-7-9-14/h14-16,22H,4-13H2,1-3H3,(H,18,19)/t15-,16?/m1/s1. The van der Waals surface area contributed by atoms with Gasteiger partial charge < -0.3 is 20.2 Å². The summed E-state index contributed by atoms with van der Waals surface area (Å²) < 4.78 is 0. The van der Waals surface area contributed by atoms with Gasteiger partial charge >= 0.3 is 0 Å². The van der Waals surface area contributed by atoms with Gasteiger partial charge in [0, 0.05) is 25.7 Å². The van der Waals surface area contributed by atoms with E-state index >= 15 is 0 Å². The van der Waals surface area contributed by atoms with Gasteiger partial charge in [-0.25, -0.2) is 0 Å². The first-order valence-electron chi connectivity index (χ1n) is 8.99. The van der Waals surface area contributed by atoms with Gasteiger partial charge in [-0.15, -0.1) is 0 Å². The molecule has 0 spiro atoms. The maximum absolute atomic E-state index is 9.75. The highest BCUT2D eigenvalue weighted by atomic mass is 16.3. The van der Waals surface area contributed by atoms with Gasteiger partial charge in [-0.2, -0.15) is 0 Å². The fourth-order valence-electron chi connectivity index (χ4n) is 3.79. The third-order valence-electron chi connectivity index (χ3n) is 5.08. The molecule has 22 heavy (non-hydrogen) atoms. The number of hydrogen-bond donors (Lipinski definition) is 2. The summed E-state index contributed by atoms with van der Waals surface area (Å²) in [5.74, 6) is 1.75. The number of guanidine groups is 1. The number of nitrogens with one attached hydrogen (secondary N) is 1. The number of hydrogen-bond acceptors (Lipinski definition) is 3. The van der Waals surface area contributed by atoms with Crippen LogP contribution < -0.4 is 5.32 Å². The second kappa shape index (κ2) is 8.73. The van der Waals surface area contributed by atoms with E-state index in [1.54, 1.807) is 0 Å². The van der Waals surface area contributed by atoms with Crippen molar-refractivity contribution in [2.24, 2.45) is 10.9 Å². The van der Waals surface area contributed by atoms with Crippen molar-refractivity contribution in [1.82, 2.24) is 15.1 Å². The Morgan fingerprint density at radius 1 is 1.27 bits per heavy atom. The van der Waals surface area contributed by atoms with Crippen LogP contribution >= 0.6 is 0 Å². The second-order valence-electron chi connectivity index (χ2n) is 7.01. The van der Waals surface area contributed by atoms with E-state index in [1.807, 2.05) is 0 Å². The summed E-state index contributed by atoms with van der Waals surface area (Å²) in [4.78, 5) is 9.45. The summed E-state index contributed by atoms with van der Waals surface area (Å²) in [5.41, 5.74) is 0. The topological polar surface area (TPSA) is 51.1 Å². The van der Waals surface area contributed by atoms with Crippen molar-refractivity contribution in [2.75, 3.05) is 40.3 Å². The highest BCUT2D eigenvalue weighted by Crippen LogP contribution is 2.28. The predicted octanol–water partition coefficient (Wildman–Crippen LogP) is 1.53. The lowest BCUT2D eigenvalue weighted by atomic mass is 9.83. The van der Waals surface area contributed by atoms with E-state index < -0.39 is 0 Å². The minimum Gasteiger partial charge on any atom is -0.391 e. The normalized spacial score (nSPS) is 25.8. The first-order chi connectivity index (χ1) is 10.6. The van der Waals surface area contributed by atoms with Gasteiger partial charge in [-0.3, -0.25) is 4.99 Å². The van der Waals surface area contributed by atoms with E-state index in [-0.39, 0.29) is 6.10 Å². The van der Waals surface area contributed by atoms with E-state index in [4.69, 9.17) is 4.99 Å². The maximum Gasteiger partial charge on any atom is 0.194 e. The third kappa shape index (κ3) is 4.85. The molecule has 5 heteroatoms. The summed E-state index contributed by atoms with van der Waals surface area (Å²) in [6, 6.07) is 0.529. The molecule has 1 saturated carbocycles. The smallest absolute Gasteiger partial charge is 0.194 e. The molecule has 2 fully saturated rings. The monoisotopic (exact) mass is 310 g/mol. The number of nitrogens with zero attached hydrogens (tertiary/aromatic N) is 3. The molecular weight excluding hydrogens is 276 g/mol. The van der Waals surface area contributed by atoms with Gasteiger partial charge in [0.2, 0.25) is 0 Å². The van der Waals surface area contributed by atoms with Crippen LogP contribution in [0, 0.1) is 5.92 Å². The molecule has 1 unspecified atom stereocenters. The van der Waals surface area contributed by atoms with Crippen molar-refractivity contribution in [1.29, 1.82) is 0 Å². The molecule has 1 aliphatic heterocycles. The molecule has 0 amide bonds. The molecule has 5 nitrogen and oxygen atoms in total. The van der Waals surface area contributed by atoms with Crippen LogP contribution in [0.3, 0.4) is 0 Å². The molecule has 128 valence electrons. The lowest BCUT2D eigenvalue weighted by Gasteiger charge is -2.34. The Morgan fingerprint density at radius 3 is 2.55 bits per heavy atom. The van der Waals surface area contributed by atoms with Crippen LogP contribution in [0.1, 0.15) is 45.4 Å². The Hall–Kier alpha value is -0.810. The molecule has 0 aromatic rings. The fraction of sp³-hybridized carbons (Fsp3) is 0.941. The van der Waals surface area contributed by atoms with Crippen LogP contribution in [0.4, 0.5) is 0 Å². The van der Waals surface area contributed by atoms with Crippen LogP contribution in [0.15, 0.2) is 4.99 Å². The van der Waals surface area contributed by atoms with Gasteiger partial charge in [0.25, 0.3) is 0 Å². The van der Waals surface area contributed by atoms with E-state index in [2.05, 4.69) is 36.1 Å². The fourth-order valence-corrected chi connectivity index (χ4v) is 3.79. The molecule has 0 aromatic carbocycles. The third-order valence-corrected chi connectivity index (χ3v) is 5.08. The highest BCUT2D eigenvalue weighted by Gasteiger charge is 2.27. The maximum atomic E-state index is 9.75. The van der Waals surface area contributed by atoms with Crippen molar-refractivity contribution in [3.05, 3.63) is 0 Å². The summed E-state index contributed by atoms with van der Waals surface area (Å²) in [6.07, 6.45) is 7.48. The zero-order valence-corrected chi connectivity index (χ0v) is 14.6. The summed E-state index contributed by atoms with van der Waals surface area (Å²) >= 11 is 0. The molecule has 0 radical (unpaired) electrons. The predicted molar refractivity (Wildman–Crippen MR) is 92.2 cm³/mol. The van der Waals surface area contributed by atoms with Gasteiger partial charge in [0.1, 0.15) is 0 Å². The Morgan fingerprint density at radius 2 is 2.00 bits per heavy atom. The minimum atomic E-state index is -0.202. The highest BCUT2D eigenvalue weighted by molar-refractivity contribution is 5.80. The van der Waals surface area contributed by atoms with Crippen LogP contribution in [-0.4, -0.2) is 73.3 Å². The zero-order valence-electron chi connectivity index (χ0n) is 14.6. The molecule has 0 aromatic heterocycles. The zero-order chi connectivity index (χ0) is 15.9. The Labute approximate surface area is 135 Å². The number of β-amino-alcohol motifs (C(OH)–C–C–N with tert-alkyl or cyclic N) is 1. The molecule has 1 heterocycles. The lowest BCUT2D eigenvalue weighted by Crippen LogP contribution is -2.43. The molecule has 2 rings (SSSR count). The number of aliphatic hydroxyl groups is 1. The Bertz CT molecular complexity index is 353. The number of likely N-dealkylation sites (tertiary alicyclic amines) is 1. The van der Waals surface area contributed by atoms with Crippen molar-refractivity contribution in [3.8, 4) is 0 Å². The molecule has 1 aliphatic carbocycles. The van der Waals surface area contributed by atoms with Crippen molar-refractivity contribution in [2.45, 2.75) is 57.6 Å². The average Bonchev–Trinajstić information content (AvgIpc) is 2.93. The lowest BCUT2D eigenvalue weighted by molar-refractivity contribution is 0.175. The quantitative estimate of drug-likeness (QED) is 0.597.